The van der Waals surface area contributed by atoms with E-state index >= 15 is 0 Å². The molecule has 3 aliphatic heterocycles. The number of fused-ring (bicyclic) bond motifs is 1. The van der Waals surface area contributed by atoms with Crippen LogP contribution in [-0.4, -0.2) is 76.9 Å². The van der Waals surface area contributed by atoms with Gasteiger partial charge in [-0.2, -0.15) is 0 Å². The molecule has 2 N–H and O–H groups in total. The summed E-state index contributed by atoms with van der Waals surface area (Å²) >= 11 is 0. The van der Waals surface area contributed by atoms with Gasteiger partial charge in [-0.05, 0) is 43.0 Å². The Bertz CT molecular complexity index is 949. The number of imide groups is 1. The lowest BCUT2D eigenvalue weighted by atomic mass is 9.79. The van der Waals surface area contributed by atoms with Gasteiger partial charge < -0.3 is 14.9 Å². The van der Waals surface area contributed by atoms with Crippen LogP contribution in [0.1, 0.15) is 41.6 Å². The minimum absolute atomic E-state index is 0.154. The largest absolute Gasteiger partial charge is 0.481 e. The third kappa shape index (κ3) is 3.56. The van der Waals surface area contributed by atoms with E-state index in [2.05, 4.69) is 15.1 Å². The molecule has 1 atom stereocenters. The van der Waals surface area contributed by atoms with E-state index in [0.29, 0.717) is 24.6 Å². The number of piperazine rings is 1. The molecule has 9 nitrogen and oxygen atoms in total. The highest BCUT2D eigenvalue weighted by atomic mass is 16.4. The summed E-state index contributed by atoms with van der Waals surface area (Å²) in [5, 5.41) is 11.4. The van der Waals surface area contributed by atoms with Crippen LogP contribution in [-0.2, 0) is 20.9 Å². The Hall–Kier alpha value is -2.94. The molecule has 164 valence electrons. The fourth-order valence-corrected chi connectivity index (χ4v) is 5.19. The van der Waals surface area contributed by atoms with E-state index in [1.807, 2.05) is 18.2 Å². The Kier molecular flexibility index (Phi) is 4.92. The highest BCUT2D eigenvalue weighted by Crippen LogP contribution is 2.34. The van der Waals surface area contributed by atoms with Crippen LogP contribution >= 0.6 is 0 Å². The number of carbonyl (C=O) groups excluding carboxylic acids is 3. The van der Waals surface area contributed by atoms with Gasteiger partial charge >= 0.3 is 5.97 Å². The molecule has 4 aliphatic rings. The predicted molar refractivity (Wildman–Crippen MR) is 110 cm³/mol. The molecule has 1 unspecified atom stereocenters. The summed E-state index contributed by atoms with van der Waals surface area (Å²) in [6, 6.07) is 5.63. The second kappa shape index (κ2) is 7.64. The van der Waals surface area contributed by atoms with Crippen LogP contribution in [0.25, 0.3) is 0 Å². The minimum atomic E-state index is -0.686. The second-order valence-corrected chi connectivity index (χ2v) is 8.92. The van der Waals surface area contributed by atoms with E-state index in [1.54, 1.807) is 4.90 Å². The second-order valence-electron chi connectivity index (χ2n) is 8.92. The standard InChI is InChI=1S/C22H26N4O5/c27-19-4-3-18(20(28)23-19)26-12-14-11-15(1-2-17(14)21(26)29)24-5-7-25(8-6-24)16-9-13(10-16)22(30)31/h1-2,11,13,16,18H,3-10,12H2,(H,30,31)(H,23,27,28). The summed E-state index contributed by atoms with van der Waals surface area (Å²) in [6.07, 6.45) is 2.10. The van der Waals surface area contributed by atoms with E-state index in [4.69, 9.17) is 5.11 Å². The Morgan fingerprint density at radius 2 is 1.81 bits per heavy atom. The maximum atomic E-state index is 12.8. The zero-order valence-electron chi connectivity index (χ0n) is 17.2. The Morgan fingerprint density at radius 3 is 2.48 bits per heavy atom. The molecule has 3 heterocycles. The number of hydrogen-bond acceptors (Lipinski definition) is 6. The average Bonchev–Trinajstić information content (AvgIpc) is 3.03. The van der Waals surface area contributed by atoms with Gasteiger partial charge in [0.15, 0.2) is 0 Å². The van der Waals surface area contributed by atoms with Crippen molar-refractivity contribution in [3.63, 3.8) is 0 Å². The van der Waals surface area contributed by atoms with E-state index < -0.39 is 17.9 Å². The summed E-state index contributed by atoms with van der Waals surface area (Å²) in [6.45, 7) is 3.90. The lowest BCUT2D eigenvalue weighted by molar-refractivity contribution is -0.147. The first-order valence-electron chi connectivity index (χ1n) is 10.9. The monoisotopic (exact) mass is 426 g/mol. The third-order valence-corrected chi connectivity index (χ3v) is 7.17. The van der Waals surface area contributed by atoms with E-state index in [1.165, 1.54) is 0 Å². The average molecular weight is 426 g/mol. The van der Waals surface area contributed by atoms with Crippen molar-refractivity contribution in [2.75, 3.05) is 31.1 Å². The predicted octanol–water partition coefficient (Wildman–Crippen LogP) is 0.433. The number of carbonyl (C=O) groups is 4. The highest BCUT2D eigenvalue weighted by Gasteiger charge is 2.40. The first-order chi connectivity index (χ1) is 14.9. The van der Waals surface area contributed by atoms with Crippen molar-refractivity contribution >= 4 is 29.4 Å². The summed E-state index contributed by atoms with van der Waals surface area (Å²) < 4.78 is 0. The van der Waals surface area contributed by atoms with Crippen LogP contribution in [0.2, 0.25) is 0 Å². The smallest absolute Gasteiger partial charge is 0.306 e. The van der Waals surface area contributed by atoms with Gasteiger partial charge in [-0.15, -0.1) is 0 Å². The number of piperidine rings is 1. The molecule has 2 saturated heterocycles. The first-order valence-corrected chi connectivity index (χ1v) is 10.9. The number of benzene rings is 1. The molecular formula is C22H26N4O5. The molecule has 0 radical (unpaired) electrons. The fraction of sp³-hybridized carbons (Fsp3) is 0.545. The minimum Gasteiger partial charge on any atom is -0.481 e. The Balaban J connectivity index is 1.22. The first kappa shape index (κ1) is 20.0. The third-order valence-electron chi connectivity index (χ3n) is 7.17. The molecule has 0 bridgehead atoms. The Labute approximate surface area is 180 Å². The topological polar surface area (TPSA) is 110 Å². The van der Waals surface area contributed by atoms with Gasteiger partial charge in [0.2, 0.25) is 11.8 Å². The zero-order valence-corrected chi connectivity index (χ0v) is 17.2. The summed E-state index contributed by atoms with van der Waals surface area (Å²) in [5.41, 5.74) is 2.60. The maximum absolute atomic E-state index is 12.8. The number of anilines is 1. The molecule has 31 heavy (non-hydrogen) atoms. The number of amides is 3. The quantitative estimate of drug-likeness (QED) is 0.672. The molecule has 5 rings (SSSR count). The maximum Gasteiger partial charge on any atom is 0.306 e. The molecule has 9 heteroatoms. The Morgan fingerprint density at radius 1 is 1.06 bits per heavy atom. The van der Waals surface area contributed by atoms with Crippen molar-refractivity contribution in [3.05, 3.63) is 29.3 Å². The molecule has 1 aromatic carbocycles. The van der Waals surface area contributed by atoms with Crippen molar-refractivity contribution in [1.82, 2.24) is 15.1 Å². The van der Waals surface area contributed by atoms with Crippen molar-refractivity contribution in [3.8, 4) is 0 Å². The number of carboxylic acid groups (broad SMARTS) is 1. The van der Waals surface area contributed by atoms with Crippen LogP contribution < -0.4 is 10.2 Å². The molecule has 1 aromatic rings. The van der Waals surface area contributed by atoms with Crippen molar-refractivity contribution in [2.45, 2.75) is 44.3 Å². The lowest BCUT2D eigenvalue weighted by Crippen LogP contribution is -2.55. The molecule has 3 amide bonds. The molecular weight excluding hydrogens is 400 g/mol. The van der Waals surface area contributed by atoms with Gasteiger partial charge in [-0.1, -0.05) is 0 Å². The number of hydrogen-bond donors (Lipinski definition) is 2. The number of nitrogens with one attached hydrogen (secondary N) is 1. The molecule has 1 aliphatic carbocycles. The van der Waals surface area contributed by atoms with Gasteiger partial charge in [0.05, 0.1) is 5.92 Å². The number of rotatable bonds is 4. The van der Waals surface area contributed by atoms with Gasteiger partial charge in [0.1, 0.15) is 6.04 Å². The van der Waals surface area contributed by atoms with Crippen LogP contribution in [0.4, 0.5) is 5.69 Å². The van der Waals surface area contributed by atoms with Crippen molar-refractivity contribution < 1.29 is 24.3 Å². The van der Waals surface area contributed by atoms with E-state index in [9.17, 15) is 19.2 Å². The van der Waals surface area contributed by atoms with Crippen molar-refractivity contribution in [1.29, 1.82) is 0 Å². The number of nitrogens with zero attached hydrogens (tertiary/aromatic N) is 3. The van der Waals surface area contributed by atoms with Crippen LogP contribution in [0.15, 0.2) is 18.2 Å². The van der Waals surface area contributed by atoms with Crippen LogP contribution in [0, 0.1) is 5.92 Å². The van der Waals surface area contributed by atoms with Gasteiger partial charge in [0, 0.05) is 56.4 Å². The van der Waals surface area contributed by atoms with E-state index in [0.717, 1.165) is 50.3 Å². The lowest BCUT2D eigenvalue weighted by Gasteiger charge is -2.45. The highest BCUT2D eigenvalue weighted by molar-refractivity contribution is 6.05. The van der Waals surface area contributed by atoms with Crippen LogP contribution in [0.5, 0.6) is 0 Å². The fourth-order valence-electron chi connectivity index (χ4n) is 5.19. The normalized spacial score (nSPS) is 28.9. The number of aliphatic carboxylic acids is 1. The zero-order chi connectivity index (χ0) is 21.7. The van der Waals surface area contributed by atoms with Gasteiger partial charge in [-0.25, -0.2) is 0 Å². The molecule has 3 fully saturated rings. The number of carboxylic acids is 1. The summed E-state index contributed by atoms with van der Waals surface area (Å²) in [7, 11) is 0. The summed E-state index contributed by atoms with van der Waals surface area (Å²) in [4.78, 5) is 53.7. The van der Waals surface area contributed by atoms with Crippen LogP contribution in [0.3, 0.4) is 0 Å². The van der Waals surface area contributed by atoms with E-state index in [-0.39, 0.29) is 24.2 Å². The molecule has 0 spiro atoms. The summed E-state index contributed by atoms with van der Waals surface area (Å²) in [5.74, 6) is -1.71. The van der Waals surface area contributed by atoms with Gasteiger partial charge in [-0.3, -0.25) is 29.4 Å². The van der Waals surface area contributed by atoms with Gasteiger partial charge in [0.25, 0.3) is 5.91 Å². The van der Waals surface area contributed by atoms with Crippen molar-refractivity contribution in [2.24, 2.45) is 5.92 Å². The molecule has 0 aromatic heterocycles. The molecule has 1 saturated carbocycles. The SMILES string of the molecule is O=C1CCC(N2Cc3cc(N4CCN(C5CC(C(=O)O)C5)CC4)ccc3C2=O)C(=O)N1.